The molecular weight excluding hydrogens is 278 g/mol. The third-order valence-electron chi connectivity index (χ3n) is 3.53. The van der Waals surface area contributed by atoms with Crippen molar-refractivity contribution >= 4 is 9.84 Å². The first-order valence-corrected chi connectivity index (χ1v) is 8.20. The highest BCUT2D eigenvalue weighted by atomic mass is 32.2. The van der Waals surface area contributed by atoms with E-state index < -0.39 is 15.3 Å². The van der Waals surface area contributed by atoms with E-state index in [9.17, 15) is 13.7 Å². The van der Waals surface area contributed by atoms with Crippen molar-refractivity contribution in [2.45, 2.75) is 12.8 Å². The van der Waals surface area contributed by atoms with Crippen LogP contribution < -0.4 is 9.47 Å². The van der Waals surface area contributed by atoms with Gasteiger partial charge in [0, 0.05) is 6.42 Å². The lowest BCUT2D eigenvalue weighted by molar-refractivity contribution is 0.246. The molecule has 20 heavy (non-hydrogen) atoms. The predicted molar refractivity (Wildman–Crippen MR) is 74.4 cm³/mol. The normalized spacial score (nSPS) is 24.0. The minimum atomic E-state index is -3.08. The number of rotatable bonds is 5. The summed E-state index contributed by atoms with van der Waals surface area (Å²) >= 11 is 0. The van der Waals surface area contributed by atoms with E-state index in [4.69, 9.17) is 9.47 Å². The minimum absolute atomic E-state index is 0.0637. The maximum Gasteiger partial charge on any atom is 0.161 e. The van der Waals surface area contributed by atoms with E-state index >= 15 is 0 Å². The number of hydrogen-bond donors (Lipinski definition) is 0. The van der Waals surface area contributed by atoms with Crippen LogP contribution in [0.5, 0.6) is 11.5 Å². The fourth-order valence-electron chi connectivity index (χ4n) is 2.35. The monoisotopic (exact) mass is 295 g/mol. The number of methoxy groups -OCH3 is 1. The summed E-state index contributed by atoms with van der Waals surface area (Å²) in [6.07, 6.45) is 0.794. The molecule has 0 N–H and O–H groups in total. The van der Waals surface area contributed by atoms with Crippen LogP contribution >= 0.6 is 0 Å². The second kappa shape index (κ2) is 5.71. The van der Waals surface area contributed by atoms with Gasteiger partial charge in [-0.2, -0.15) is 5.26 Å². The van der Waals surface area contributed by atoms with Gasteiger partial charge in [0.05, 0.1) is 36.7 Å². The first-order chi connectivity index (χ1) is 9.50. The molecule has 6 heteroatoms. The number of para-hydroxylation sites is 2. The molecule has 0 aliphatic carbocycles. The fourth-order valence-corrected chi connectivity index (χ4v) is 4.39. The van der Waals surface area contributed by atoms with Crippen LogP contribution in [0.25, 0.3) is 0 Å². The molecular formula is C14H17NO4S. The molecule has 1 aromatic carbocycles. The standard InChI is InChI=1S/C14H17NO4S/c1-18-12-4-2-3-5-13(12)19-8-6-14(10-15)7-9-20(16,17)11-14/h2-5H,6-9,11H2,1H3. The molecule has 0 saturated carbocycles. The summed E-state index contributed by atoms with van der Waals surface area (Å²) in [5.41, 5.74) is -0.805. The molecule has 0 bridgehead atoms. The first-order valence-electron chi connectivity index (χ1n) is 6.38. The van der Waals surface area contributed by atoms with Gasteiger partial charge in [0.1, 0.15) is 0 Å². The smallest absolute Gasteiger partial charge is 0.161 e. The van der Waals surface area contributed by atoms with Gasteiger partial charge in [0.2, 0.25) is 0 Å². The van der Waals surface area contributed by atoms with E-state index in [1.54, 1.807) is 19.2 Å². The zero-order valence-electron chi connectivity index (χ0n) is 11.3. The molecule has 0 radical (unpaired) electrons. The van der Waals surface area contributed by atoms with Crippen LogP contribution in [0.2, 0.25) is 0 Å². The molecule has 108 valence electrons. The van der Waals surface area contributed by atoms with E-state index in [1.807, 2.05) is 12.1 Å². The molecule has 1 unspecified atom stereocenters. The van der Waals surface area contributed by atoms with Crippen LogP contribution in [-0.2, 0) is 9.84 Å². The Balaban J connectivity index is 1.97. The van der Waals surface area contributed by atoms with Gasteiger partial charge >= 0.3 is 0 Å². The van der Waals surface area contributed by atoms with Gasteiger partial charge in [-0.15, -0.1) is 0 Å². The maximum atomic E-state index is 11.5. The molecule has 1 heterocycles. The van der Waals surface area contributed by atoms with E-state index in [-0.39, 0.29) is 11.5 Å². The maximum absolute atomic E-state index is 11.5. The van der Waals surface area contributed by atoms with Crippen LogP contribution in [0, 0.1) is 16.7 Å². The first kappa shape index (κ1) is 14.7. The predicted octanol–water partition coefficient (Wildman–Crippen LogP) is 1.79. The highest BCUT2D eigenvalue weighted by molar-refractivity contribution is 7.91. The summed E-state index contributed by atoms with van der Waals surface area (Å²) in [5, 5.41) is 9.25. The van der Waals surface area contributed by atoms with Gasteiger partial charge in [-0.25, -0.2) is 8.42 Å². The summed E-state index contributed by atoms with van der Waals surface area (Å²) in [4.78, 5) is 0. The van der Waals surface area contributed by atoms with E-state index in [2.05, 4.69) is 6.07 Å². The molecule has 1 atom stereocenters. The molecule has 1 aliphatic heterocycles. The quantitative estimate of drug-likeness (QED) is 0.827. The van der Waals surface area contributed by atoms with Crippen LogP contribution in [0.4, 0.5) is 0 Å². The molecule has 1 saturated heterocycles. The van der Waals surface area contributed by atoms with E-state index in [1.165, 1.54) is 0 Å². The van der Waals surface area contributed by atoms with Crippen molar-refractivity contribution in [3.05, 3.63) is 24.3 Å². The van der Waals surface area contributed by atoms with Crippen molar-refractivity contribution in [1.82, 2.24) is 0 Å². The van der Waals surface area contributed by atoms with E-state index in [0.717, 1.165) is 0 Å². The molecule has 1 aliphatic rings. The zero-order chi connectivity index (χ0) is 14.6. The van der Waals surface area contributed by atoms with Gasteiger partial charge in [-0.3, -0.25) is 0 Å². The number of hydrogen-bond acceptors (Lipinski definition) is 5. The van der Waals surface area contributed by atoms with Crippen LogP contribution in [0.1, 0.15) is 12.8 Å². The van der Waals surface area contributed by atoms with Gasteiger partial charge in [-0.05, 0) is 18.6 Å². The Hall–Kier alpha value is -1.74. The van der Waals surface area contributed by atoms with Crippen LogP contribution in [0.3, 0.4) is 0 Å². The highest BCUT2D eigenvalue weighted by Gasteiger charge is 2.42. The summed E-state index contributed by atoms with van der Waals surface area (Å²) in [6.45, 7) is 0.295. The Kier molecular flexibility index (Phi) is 4.19. The van der Waals surface area contributed by atoms with Crippen molar-refractivity contribution in [2.24, 2.45) is 5.41 Å². The van der Waals surface area contributed by atoms with Crippen molar-refractivity contribution < 1.29 is 17.9 Å². The van der Waals surface area contributed by atoms with Crippen molar-refractivity contribution in [1.29, 1.82) is 5.26 Å². The average Bonchev–Trinajstić information content (AvgIpc) is 2.76. The fraction of sp³-hybridized carbons (Fsp3) is 0.500. The molecule has 0 aromatic heterocycles. The molecule has 0 amide bonds. The molecule has 2 rings (SSSR count). The lowest BCUT2D eigenvalue weighted by Crippen LogP contribution is -2.23. The minimum Gasteiger partial charge on any atom is -0.493 e. The number of sulfone groups is 1. The number of nitriles is 1. The van der Waals surface area contributed by atoms with Crippen LogP contribution in [0.15, 0.2) is 24.3 Å². The number of benzene rings is 1. The molecule has 1 aromatic rings. The summed E-state index contributed by atoms with van der Waals surface area (Å²) in [7, 11) is -1.52. The van der Waals surface area contributed by atoms with E-state index in [0.29, 0.717) is 30.9 Å². The van der Waals surface area contributed by atoms with Gasteiger partial charge in [-0.1, -0.05) is 12.1 Å². The van der Waals surface area contributed by atoms with Gasteiger partial charge < -0.3 is 9.47 Å². The lowest BCUT2D eigenvalue weighted by Gasteiger charge is -2.19. The number of nitrogens with zero attached hydrogens (tertiary/aromatic N) is 1. The Bertz CT molecular complexity index is 620. The van der Waals surface area contributed by atoms with Crippen molar-refractivity contribution in [3.8, 4) is 17.6 Å². The topological polar surface area (TPSA) is 76.4 Å². The Morgan fingerprint density at radius 1 is 1.35 bits per heavy atom. The summed E-state index contributed by atoms with van der Waals surface area (Å²) < 4.78 is 33.8. The third-order valence-corrected chi connectivity index (χ3v) is 5.35. The Morgan fingerprint density at radius 3 is 2.60 bits per heavy atom. The van der Waals surface area contributed by atoms with Crippen LogP contribution in [-0.4, -0.2) is 33.6 Å². The lowest BCUT2D eigenvalue weighted by atomic mass is 9.86. The van der Waals surface area contributed by atoms with Gasteiger partial charge in [0.15, 0.2) is 21.3 Å². The largest absolute Gasteiger partial charge is 0.493 e. The highest BCUT2D eigenvalue weighted by Crippen LogP contribution is 2.35. The molecule has 0 spiro atoms. The van der Waals surface area contributed by atoms with Crippen molar-refractivity contribution in [3.63, 3.8) is 0 Å². The molecule has 5 nitrogen and oxygen atoms in total. The second-order valence-corrected chi connectivity index (χ2v) is 7.17. The molecule has 1 fully saturated rings. The third kappa shape index (κ3) is 3.23. The van der Waals surface area contributed by atoms with Gasteiger partial charge in [0.25, 0.3) is 0 Å². The average molecular weight is 295 g/mol. The zero-order valence-corrected chi connectivity index (χ0v) is 12.1. The Labute approximate surface area is 119 Å². The second-order valence-electron chi connectivity index (χ2n) is 4.98. The SMILES string of the molecule is COc1ccccc1OCCC1(C#N)CCS(=O)(=O)C1. The van der Waals surface area contributed by atoms with Crippen molar-refractivity contribution in [2.75, 3.05) is 25.2 Å². The summed E-state index contributed by atoms with van der Waals surface area (Å²) in [6, 6.07) is 9.40. The summed E-state index contributed by atoms with van der Waals surface area (Å²) in [5.74, 6) is 1.25. The number of ether oxygens (including phenoxy) is 2. The Morgan fingerprint density at radius 2 is 2.05 bits per heavy atom.